The van der Waals surface area contributed by atoms with Crippen molar-refractivity contribution in [3.05, 3.63) is 11.7 Å². The Morgan fingerprint density at radius 1 is 1.11 bits per heavy atom. The fraction of sp³-hybridized carbons (Fsp3) is 0.867. The third-order valence-electron chi connectivity index (χ3n) is 4.60. The minimum atomic E-state index is -0.452. The fourth-order valence-electron chi connectivity index (χ4n) is 2.87. The van der Waals surface area contributed by atoms with Crippen molar-refractivity contribution in [3.63, 3.8) is 0 Å². The van der Waals surface area contributed by atoms with Gasteiger partial charge < -0.3 is 10.3 Å². The molecule has 108 valence electrons. The lowest BCUT2D eigenvalue weighted by Gasteiger charge is -2.21. The lowest BCUT2D eigenvalue weighted by molar-refractivity contribution is 0.265. The molecule has 0 aliphatic heterocycles. The van der Waals surface area contributed by atoms with Gasteiger partial charge in [-0.05, 0) is 25.7 Å². The van der Waals surface area contributed by atoms with E-state index in [1.807, 2.05) is 0 Å². The molecule has 1 heterocycles. The number of hydrogen-bond acceptors (Lipinski definition) is 4. The molecule has 0 unspecified atom stereocenters. The van der Waals surface area contributed by atoms with Crippen molar-refractivity contribution in [2.75, 3.05) is 0 Å². The van der Waals surface area contributed by atoms with Gasteiger partial charge in [-0.3, -0.25) is 0 Å². The topological polar surface area (TPSA) is 64.9 Å². The van der Waals surface area contributed by atoms with Gasteiger partial charge in [0.15, 0.2) is 5.82 Å². The van der Waals surface area contributed by atoms with Gasteiger partial charge in [0.25, 0.3) is 0 Å². The minimum absolute atomic E-state index is 0.452. The zero-order valence-electron chi connectivity index (χ0n) is 12.3. The van der Waals surface area contributed by atoms with Gasteiger partial charge >= 0.3 is 0 Å². The van der Waals surface area contributed by atoms with E-state index in [1.165, 1.54) is 44.9 Å². The first kappa shape index (κ1) is 14.5. The summed E-state index contributed by atoms with van der Waals surface area (Å²) >= 11 is 0. The maximum absolute atomic E-state index is 6.32. The summed E-state index contributed by atoms with van der Waals surface area (Å²) in [4.78, 5) is 4.62. The highest BCUT2D eigenvalue weighted by molar-refractivity contribution is 5.04. The standard InChI is InChI=1S/C15H27N3O/c1-3-15(16,4-2)14-17-13(18-19-14)12-10-8-6-5-7-9-11-12/h12H,3-11,16H2,1-2H3. The summed E-state index contributed by atoms with van der Waals surface area (Å²) < 4.78 is 5.45. The van der Waals surface area contributed by atoms with Crippen LogP contribution in [0.2, 0.25) is 0 Å². The van der Waals surface area contributed by atoms with Crippen LogP contribution in [-0.4, -0.2) is 10.1 Å². The van der Waals surface area contributed by atoms with Crippen LogP contribution in [0.25, 0.3) is 0 Å². The second-order valence-electron chi connectivity index (χ2n) is 5.86. The third-order valence-corrected chi connectivity index (χ3v) is 4.60. The summed E-state index contributed by atoms with van der Waals surface area (Å²) in [5, 5.41) is 4.21. The minimum Gasteiger partial charge on any atom is -0.337 e. The molecule has 1 aromatic rings. The predicted octanol–water partition coefficient (Wildman–Crippen LogP) is 3.87. The van der Waals surface area contributed by atoms with Gasteiger partial charge in [-0.1, -0.05) is 51.1 Å². The highest BCUT2D eigenvalue weighted by Gasteiger charge is 2.31. The van der Waals surface area contributed by atoms with E-state index in [1.54, 1.807) is 0 Å². The van der Waals surface area contributed by atoms with Crippen molar-refractivity contribution in [2.24, 2.45) is 5.73 Å². The van der Waals surface area contributed by atoms with Crippen LogP contribution in [0.1, 0.15) is 89.3 Å². The van der Waals surface area contributed by atoms with Crippen LogP contribution in [0.4, 0.5) is 0 Å². The summed E-state index contributed by atoms with van der Waals surface area (Å²) in [5.41, 5.74) is 5.87. The number of rotatable bonds is 4. The van der Waals surface area contributed by atoms with Crippen LogP contribution < -0.4 is 5.73 Å². The Morgan fingerprint density at radius 3 is 2.26 bits per heavy atom. The molecular weight excluding hydrogens is 238 g/mol. The van der Waals surface area contributed by atoms with Crippen molar-refractivity contribution in [1.29, 1.82) is 0 Å². The van der Waals surface area contributed by atoms with Crippen molar-refractivity contribution >= 4 is 0 Å². The lowest BCUT2D eigenvalue weighted by atomic mass is 9.90. The summed E-state index contributed by atoms with van der Waals surface area (Å²) in [5.74, 6) is 1.97. The Morgan fingerprint density at radius 2 is 1.68 bits per heavy atom. The molecule has 0 bridgehead atoms. The molecule has 19 heavy (non-hydrogen) atoms. The monoisotopic (exact) mass is 265 g/mol. The van der Waals surface area contributed by atoms with Crippen LogP contribution in [0.3, 0.4) is 0 Å². The predicted molar refractivity (Wildman–Crippen MR) is 75.8 cm³/mol. The molecule has 2 rings (SSSR count). The van der Waals surface area contributed by atoms with E-state index in [0.717, 1.165) is 18.7 Å². The number of nitrogens with zero attached hydrogens (tertiary/aromatic N) is 2. The van der Waals surface area contributed by atoms with Crippen LogP contribution in [0.5, 0.6) is 0 Å². The zero-order valence-corrected chi connectivity index (χ0v) is 12.3. The molecule has 0 aromatic carbocycles. The number of nitrogens with two attached hydrogens (primary N) is 1. The van der Waals surface area contributed by atoms with E-state index in [4.69, 9.17) is 10.3 Å². The lowest BCUT2D eigenvalue weighted by Crippen LogP contribution is -2.35. The van der Waals surface area contributed by atoms with Gasteiger partial charge in [0.2, 0.25) is 5.89 Å². The van der Waals surface area contributed by atoms with Gasteiger partial charge in [-0.2, -0.15) is 4.98 Å². The van der Waals surface area contributed by atoms with E-state index in [0.29, 0.717) is 11.8 Å². The zero-order chi connectivity index (χ0) is 13.7. The van der Waals surface area contributed by atoms with Crippen LogP contribution in [-0.2, 0) is 5.54 Å². The first-order valence-electron chi connectivity index (χ1n) is 7.82. The Hall–Kier alpha value is -0.900. The van der Waals surface area contributed by atoms with E-state index < -0.39 is 5.54 Å². The second kappa shape index (κ2) is 6.51. The molecule has 1 saturated carbocycles. The molecule has 0 radical (unpaired) electrons. The fourth-order valence-corrected chi connectivity index (χ4v) is 2.87. The number of hydrogen-bond donors (Lipinski definition) is 1. The molecule has 1 fully saturated rings. The molecular formula is C15H27N3O. The second-order valence-corrected chi connectivity index (χ2v) is 5.86. The number of aromatic nitrogens is 2. The molecule has 1 aliphatic rings. The van der Waals surface area contributed by atoms with Crippen LogP contribution >= 0.6 is 0 Å². The van der Waals surface area contributed by atoms with Crippen molar-refractivity contribution in [3.8, 4) is 0 Å². The molecule has 0 amide bonds. The molecule has 1 aliphatic carbocycles. The molecule has 2 N–H and O–H groups in total. The van der Waals surface area contributed by atoms with Gasteiger partial charge in [-0.25, -0.2) is 0 Å². The Bertz CT molecular complexity index is 376. The first-order chi connectivity index (χ1) is 9.19. The summed E-state index contributed by atoms with van der Waals surface area (Å²) in [6.07, 6.45) is 10.7. The molecule has 0 atom stereocenters. The van der Waals surface area contributed by atoms with E-state index in [9.17, 15) is 0 Å². The SMILES string of the molecule is CCC(N)(CC)c1nc(C2CCCCCCC2)no1. The van der Waals surface area contributed by atoms with Crippen molar-refractivity contribution < 1.29 is 4.52 Å². The van der Waals surface area contributed by atoms with E-state index >= 15 is 0 Å². The average Bonchev–Trinajstić information content (AvgIpc) is 2.87. The van der Waals surface area contributed by atoms with Gasteiger partial charge in [0.05, 0.1) is 5.54 Å². The highest BCUT2D eigenvalue weighted by atomic mass is 16.5. The van der Waals surface area contributed by atoms with E-state index in [2.05, 4.69) is 24.0 Å². The largest absolute Gasteiger partial charge is 0.337 e. The molecule has 1 aromatic heterocycles. The summed E-state index contributed by atoms with van der Waals surface area (Å²) in [6, 6.07) is 0. The smallest absolute Gasteiger partial charge is 0.246 e. The van der Waals surface area contributed by atoms with Crippen molar-refractivity contribution in [1.82, 2.24) is 10.1 Å². The molecule has 4 heteroatoms. The highest BCUT2D eigenvalue weighted by Crippen LogP contribution is 2.31. The molecule has 0 saturated heterocycles. The van der Waals surface area contributed by atoms with Gasteiger partial charge in [0.1, 0.15) is 0 Å². The first-order valence-corrected chi connectivity index (χ1v) is 7.82. The Labute approximate surface area is 116 Å². The van der Waals surface area contributed by atoms with Gasteiger partial charge in [-0.15, -0.1) is 0 Å². The summed E-state index contributed by atoms with van der Waals surface area (Å²) in [7, 11) is 0. The maximum Gasteiger partial charge on any atom is 0.246 e. The Kier molecular flexibility index (Phi) is 4.97. The molecule has 0 spiro atoms. The average molecular weight is 265 g/mol. The Balaban J connectivity index is 2.10. The van der Waals surface area contributed by atoms with Gasteiger partial charge in [0, 0.05) is 5.92 Å². The van der Waals surface area contributed by atoms with E-state index in [-0.39, 0.29) is 0 Å². The maximum atomic E-state index is 6.32. The van der Waals surface area contributed by atoms with Crippen LogP contribution in [0.15, 0.2) is 4.52 Å². The quantitative estimate of drug-likeness (QED) is 0.897. The normalized spacial score (nSPS) is 19.1. The third kappa shape index (κ3) is 3.35. The van der Waals surface area contributed by atoms with Crippen molar-refractivity contribution in [2.45, 2.75) is 83.1 Å². The molecule has 4 nitrogen and oxygen atoms in total. The van der Waals surface area contributed by atoms with Crippen LogP contribution in [0, 0.1) is 0 Å². The summed E-state index contributed by atoms with van der Waals surface area (Å²) in [6.45, 7) is 4.15.